The molecule has 33 heavy (non-hydrogen) atoms. The van der Waals surface area contributed by atoms with Crippen molar-refractivity contribution in [2.75, 3.05) is 13.7 Å². The van der Waals surface area contributed by atoms with Crippen LogP contribution in [0.5, 0.6) is 5.75 Å². The number of aromatic nitrogens is 3. The molecule has 4 aromatic rings. The number of nitrogens with zero attached hydrogens (tertiary/aromatic N) is 3. The van der Waals surface area contributed by atoms with Gasteiger partial charge in [0, 0.05) is 25.0 Å². The number of thioether (sulfide) groups is 1. The van der Waals surface area contributed by atoms with E-state index in [2.05, 4.69) is 65.0 Å². The summed E-state index contributed by atoms with van der Waals surface area (Å²) in [5.41, 5.74) is 6.06. The topological polar surface area (TPSA) is 49.2 Å². The number of ether oxygens (including phenoxy) is 2. The molecule has 170 valence electrons. The van der Waals surface area contributed by atoms with Gasteiger partial charge in [-0.15, -0.1) is 10.2 Å². The van der Waals surface area contributed by atoms with E-state index >= 15 is 0 Å². The zero-order chi connectivity index (χ0) is 23.0. The van der Waals surface area contributed by atoms with Crippen LogP contribution >= 0.6 is 11.8 Å². The van der Waals surface area contributed by atoms with E-state index in [1.807, 2.05) is 36.4 Å². The molecule has 5 nitrogen and oxygen atoms in total. The Labute approximate surface area is 199 Å². The average molecular weight is 460 g/mol. The molecule has 1 aromatic heterocycles. The number of rotatable bonds is 10. The molecule has 0 aliphatic rings. The normalized spacial score (nSPS) is 11.0. The molecule has 0 saturated carbocycles. The predicted octanol–water partition coefficient (Wildman–Crippen LogP) is 6.08. The van der Waals surface area contributed by atoms with Gasteiger partial charge in [0.1, 0.15) is 12.4 Å². The summed E-state index contributed by atoms with van der Waals surface area (Å²) in [7, 11) is 1.71. The van der Waals surface area contributed by atoms with Gasteiger partial charge in [0.05, 0.1) is 6.61 Å². The molecule has 1 heterocycles. The molecule has 6 heteroatoms. The first-order chi connectivity index (χ1) is 16.2. The maximum atomic E-state index is 6.24. The van der Waals surface area contributed by atoms with Crippen LogP contribution in [0.2, 0.25) is 0 Å². The minimum Gasteiger partial charge on any atom is -0.485 e. The molecule has 3 aromatic carbocycles. The number of hydrogen-bond donors (Lipinski definition) is 0. The fraction of sp³-hybridized carbons (Fsp3) is 0.259. The second-order valence-corrected chi connectivity index (χ2v) is 8.86. The maximum absolute atomic E-state index is 6.24. The molecule has 4 rings (SSSR count). The molecule has 0 atom stereocenters. The van der Waals surface area contributed by atoms with Gasteiger partial charge in [-0.05, 0) is 36.6 Å². The first kappa shape index (κ1) is 23.1. The van der Waals surface area contributed by atoms with Crippen LogP contribution in [0.3, 0.4) is 0 Å². The Morgan fingerprint density at radius 2 is 1.70 bits per heavy atom. The quantitative estimate of drug-likeness (QED) is 0.269. The van der Waals surface area contributed by atoms with Crippen molar-refractivity contribution < 1.29 is 9.47 Å². The Bertz CT molecular complexity index is 1190. The number of benzene rings is 3. The van der Waals surface area contributed by atoms with Gasteiger partial charge in [-0.1, -0.05) is 84.1 Å². The molecule has 0 aliphatic carbocycles. The van der Waals surface area contributed by atoms with Gasteiger partial charge in [0.15, 0.2) is 11.0 Å². The van der Waals surface area contributed by atoms with Crippen LogP contribution in [0.25, 0.3) is 11.1 Å². The summed E-state index contributed by atoms with van der Waals surface area (Å²) in [4.78, 5) is 0. The molecular weight excluding hydrogens is 430 g/mol. The molecule has 0 bridgehead atoms. The Hall–Kier alpha value is -3.09. The summed E-state index contributed by atoms with van der Waals surface area (Å²) in [6.45, 7) is 5.87. The zero-order valence-corrected chi connectivity index (χ0v) is 20.1. The lowest BCUT2D eigenvalue weighted by Gasteiger charge is -2.13. The fourth-order valence-corrected chi connectivity index (χ4v) is 4.68. The number of hydrogen-bond acceptors (Lipinski definition) is 5. The highest BCUT2D eigenvalue weighted by Crippen LogP contribution is 2.30. The molecule has 0 aliphatic heterocycles. The Kier molecular flexibility index (Phi) is 7.81. The van der Waals surface area contributed by atoms with Crippen LogP contribution in [-0.2, 0) is 23.6 Å². The molecule has 0 fully saturated rings. The summed E-state index contributed by atoms with van der Waals surface area (Å²) >= 11 is 1.69. The lowest BCUT2D eigenvalue weighted by atomic mass is 10.1. The van der Waals surface area contributed by atoms with Crippen LogP contribution in [0.4, 0.5) is 0 Å². The molecule has 0 unspecified atom stereocenters. The first-order valence-electron chi connectivity index (χ1n) is 11.0. The summed E-state index contributed by atoms with van der Waals surface area (Å²) in [6, 6.07) is 24.9. The summed E-state index contributed by atoms with van der Waals surface area (Å²) < 4.78 is 13.7. The van der Waals surface area contributed by atoms with Crippen LogP contribution in [0.15, 0.2) is 78.0 Å². The Balaban J connectivity index is 1.52. The van der Waals surface area contributed by atoms with Gasteiger partial charge >= 0.3 is 0 Å². The van der Waals surface area contributed by atoms with Crippen molar-refractivity contribution >= 4 is 11.8 Å². The minimum absolute atomic E-state index is 0.338. The minimum atomic E-state index is 0.338. The van der Waals surface area contributed by atoms with Crippen molar-refractivity contribution in [2.24, 2.45) is 0 Å². The van der Waals surface area contributed by atoms with Gasteiger partial charge in [-0.2, -0.15) is 0 Å². The van der Waals surface area contributed by atoms with Crippen LogP contribution in [0.1, 0.15) is 22.5 Å². The van der Waals surface area contributed by atoms with E-state index in [1.54, 1.807) is 18.9 Å². The summed E-state index contributed by atoms with van der Waals surface area (Å²) in [5, 5.41) is 9.80. The first-order valence-corrected chi connectivity index (χ1v) is 12.0. The second-order valence-electron chi connectivity index (χ2n) is 7.91. The highest BCUT2D eigenvalue weighted by atomic mass is 32.2. The standard InChI is InChI=1S/C27H29N3O2S/c1-20-13-14-21(2)23(17-20)19-33-27-29-28-26(30(27)15-16-31-3)18-32-25-12-8-7-11-24(25)22-9-5-4-6-10-22/h4-14,17H,15-16,18-19H2,1-3H3. The molecule has 0 spiro atoms. The van der Waals surface area contributed by atoms with E-state index < -0.39 is 0 Å². The van der Waals surface area contributed by atoms with Crippen molar-refractivity contribution in [1.29, 1.82) is 0 Å². The molecular formula is C27H29N3O2S. The van der Waals surface area contributed by atoms with Gasteiger partial charge in [0.25, 0.3) is 0 Å². The molecule has 0 saturated heterocycles. The van der Waals surface area contributed by atoms with Crippen molar-refractivity contribution in [3.05, 3.63) is 95.3 Å². The third-order valence-corrected chi connectivity index (χ3v) is 6.52. The van der Waals surface area contributed by atoms with Gasteiger partial charge in [0.2, 0.25) is 0 Å². The zero-order valence-electron chi connectivity index (χ0n) is 19.3. The van der Waals surface area contributed by atoms with Crippen LogP contribution < -0.4 is 4.74 Å². The Morgan fingerprint density at radius 3 is 2.52 bits per heavy atom. The number of aryl methyl sites for hydroxylation is 2. The maximum Gasteiger partial charge on any atom is 0.191 e. The summed E-state index contributed by atoms with van der Waals surface area (Å²) in [5.74, 6) is 2.46. The van der Waals surface area contributed by atoms with E-state index in [4.69, 9.17) is 9.47 Å². The Morgan fingerprint density at radius 1 is 0.909 bits per heavy atom. The van der Waals surface area contributed by atoms with E-state index in [9.17, 15) is 0 Å². The second kappa shape index (κ2) is 11.2. The van der Waals surface area contributed by atoms with Gasteiger partial charge in [-0.3, -0.25) is 0 Å². The van der Waals surface area contributed by atoms with Gasteiger partial charge in [-0.25, -0.2) is 0 Å². The average Bonchev–Trinajstić information content (AvgIpc) is 3.24. The van der Waals surface area contributed by atoms with Crippen molar-refractivity contribution in [1.82, 2.24) is 14.8 Å². The third-order valence-electron chi connectivity index (χ3n) is 5.50. The highest BCUT2D eigenvalue weighted by Gasteiger charge is 2.15. The summed E-state index contributed by atoms with van der Waals surface area (Å²) in [6.07, 6.45) is 0. The largest absolute Gasteiger partial charge is 0.485 e. The third kappa shape index (κ3) is 5.83. The van der Waals surface area contributed by atoms with Crippen molar-refractivity contribution in [3.63, 3.8) is 0 Å². The van der Waals surface area contributed by atoms with Crippen LogP contribution in [0, 0.1) is 13.8 Å². The van der Waals surface area contributed by atoms with Crippen molar-refractivity contribution in [2.45, 2.75) is 37.9 Å². The SMILES string of the molecule is COCCn1c(COc2ccccc2-c2ccccc2)nnc1SCc1cc(C)ccc1C. The van der Waals surface area contributed by atoms with E-state index in [-0.39, 0.29) is 0 Å². The smallest absolute Gasteiger partial charge is 0.191 e. The number of para-hydroxylation sites is 1. The monoisotopic (exact) mass is 459 g/mol. The lowest BCUT2D eigenvalue weighted by Crippen LogP contribution is -2.12. The predicted molar refractivity (Wildman–Crippen MR) is 134 cm³/mol. The fourth-order valence-electron chi connectivity index (χ4n) is 3.63. The molecule has 0 amide bonds. The van der Waals surface area contributed by atoms with E-state index in [0.717, 1.165) is 33.6 Å². The molecule has 0 radical (unpaired) electrons. The number of methoxy groups -OCH3 is 1. The van der Waals surface area contributed by atoms with Gasteiger partial charge < -0.3 is 14.0 Å². The van der Waals surface area contributed by atoms with Crippen molar-refractivity contribution in [3.8, 4) is 16.9 Å². The molecule has 0 N–H and O–H groups in total. The van der Waals surface area contributed by atoms with E-state index in [1.165, 1.54) is 16.7 Å². The van der Waals surface area contributed by atoms with E-state index in [0.29, 0.717) is 19.8 Å². The lowest BCUT2D eigenvalue weighted by molar-refractivity contribution is 0.181. The van der Waals surface area contributed by atoms with Crippen LogP contribution in [-0.4, -0.2) is 28.5 Å². The highest BCUT2D eigenvalue weighted by molar-refractivity contribution is 7.98.